The van der Waals surface area contributed by atoms with Crippen LogP contribution < -0.4 is 10.6 Å². The normalized spacial score (nSPS) is 17.0. The van der Waals surface area contributed by atoms with Crippen molar-refractivity contribution < 1.29 is 9.53 Å². The number of hydrogen-bond donors (Lipinski definition) is 2. The summed E-state index contributed by atoms with van der Waals surface area (Å²) in [4.78, 5) is 18.5. The number of amides is 1. The van der Waals surface area contributed by atoms with Gasteiger partial charge in [-0.3, -0.25) is 9.79 Å². The first kappa shape index (κ1) is 19.7. The van der Waals surface area contributed by atoms with Crippen LogP contribution in [0.15, 0.2) is 4.99 Å². The second-order valence-electron chi connectivity index (χ2n) is 6.91. The summed E-state index contributed by atoms with van der Waals surface area (Å²) in [5.74, 6) is 1.65. The van der Waals surface area contributed by atoms with Gasteiger partial charge in [0.2, 0.25) is 5.91 Å². The molecule has 0 spiro atoms. The van der Waals surface area contributed by atoms with E-state index in [1.165, 1.54) is 0 Å². The SMILES string of the molecule is CCNC(=O)C(C)(C)CNC(=NC)N(C)CCC1CCOCC1. The molecule has 0 aliphatic carbocycles. The van der Waals surface area contributed by atoms with Gasteiger partial charge in [0.05, 0.1) is 5.41 Å². The Morgan fingerprint density at radius 3 is 2.52 bits per heavy atom. The second-order valence-corrected chi connectivity index (χ2v) is 6.91. The van der Waals surface area contributed by atoms with Gasteiger partial charge in [0.25, 0.3) is 0 Å². The van der Waals surface area contributed by atoms with E-state index < -0.39 is 5.41 Å². The lowest BCUT2D eigenvalue weighted by Crippen LogP contribution is -2.48. The molecule has 1 rings (SSSR count). The van der Waals surface area contributed by atoms with Crippen LogP contribution in [0.4, 0.5) is 0 Å². The van der Waals surface area contributed by atoms with E-state index in [-0.39, 0.29) is 5.91 Å². The van der Waals surface area contributed by atoms with E-state index in [2.05, 4.69) is 20.5 Å². The molecule has 23 heavy (non-hydrogen) atoms. The summed E-state index contributed by atoms with van der Waals surface area (Å²) in [6, 6.07) is 0. The molecule has 0 bridgehead atoms. The molecule has 0 unspecified atom stereocenters. The van der Waals surface area contributed by atoms with Crippen molar-refractivity contribution in [1.82, 2.24) is 15.5 Å². The van der Waals surface area contributed by atoms with Crippen LogP contribution in [0.3, 0.4) is 0 Å². The molecule has 0 aromatic carbocycles. The van der Waals surface area contributed by atoms with Crippen LogP contribution in [0.2, 0.25) is 0 Å². The van der Waals surface area contributed by atoms with E-state index >= 15 is 0 Å². The van der Waals surface area contributed by atoms with Gasteiger partial charge in [0, 0.05) is 46.9 Å². The van der Waals surface area contributed by atoms with Crippen molar-refractivity contribution in [2.75, 3.05) is 46.9 Å². The lowest BCUT2D eigenvalue weighted by Gasteiger charge is -2.29. The highest BCUT2D eigenvalue weighted by Crippen LogP contribution is 2.18. The third kappa shape index (κ3) is 6.77. The largest absolute Gasteiger partial charge is 0.381 e. The second kappa shape index (κ2) is 9.75. The number of rotatable bonds is 7. The van der Waals surface area contributed by atoms with Crippen molar-refractivity contribution in [3.63, 3.8) is 0 Å². The summed E-state index contributed by atoms with van der Waals surface area (Å²) in [7, 11) is 3.83. The lowest BCUT2D eigenvalue weighted by molar-refractivity contribution is -0.128. The molecular formula is C17H34N4O2. The number of nitrogens with one attached hydrogen (secondary N) is 2. The van der Waals surface area contributed by atoms with E-state index in [0.29, 0.717) is 13.1 Å². The molecule has 0 radical (unpaired) electrons. The van der Waals surface area contributed by atoms with Gasteiger partial charge in [-0.25, -0.2) is 0 Å². The Labute approximate surface area is 141 Å². The van der Waals surface area contributed by atoms with Crippen molar-refractivity contribution in [3.8, 4) is 0 Å². The van der Waals surface area contributed by atoms with Gasteiger partial charge in [0.1, 0.15) is 0 Å². The number of nitrogens with zero attached hydrogens (tertiary/aromatic N) is 2. The molecule has 0 atom stereocenters. The van der Waals surface area contributed by atoms with E-state index in [9.17, 15) is 4.79 Å². The average Bonchev–Trinajstić information content (AvgIpc) is 2.54. The Kier molecular flexibility index (Phi) is 8.37. The molecule has 0 saturated carbocycles. The first-order valence-electron chi connectivity index (χ1n) is 8.68. The third-order valence-corrected chi connectivity index (χ3v) is 4.43. The van der Waals surface area contributed by atoms with Crippen LogP contribution in [0, 0.1) is 11.3 Å². The summed E-state index contributed by atoms with van der Waals surface area (Å²) in [6.45, 7) is 9.79. The van der Waals surface area contributed by atoms with Gasteiger partial charge in [-0.2, -0.15) is 0 Å². The van der Waals surface area contributed by atoms with Gasteiger partial charge in [-0.05, 0) is 46.0 Å². The zero-order valence-electron chi connectivity index (χ0n) is 15.4. The molecule has 1 amide bonds. The zero-order chi connectivity index (χ0) is 17.3. The lowest BCUT2D eigenvalue weighted by atomic mass is 9.92. The molecule has 134 valence electrons. The van der Waals surface area contributed by atoms with Crippen molar-refractivity contribution in [3.05, 3.63) is 0 Å². The van der Waals surface area contributed by atoms with Crippen molar-refractivity contribution in [1.29, 1.82) is 0 Å². The number of carbonyl (C=O) groups excluding carboxylic acids is 1. The van der Waals surface area contributed by atoms with Gasteiger partial charge >= 0.3 is 0 Å². The average molecular weight is 326 g/mol. The first-order valence-corrected chi connectivity index (χ1v) is 8.68. The van der Waals surface area contributed by atoms with Crippen LogP contribution in [0.5, 0.6) is 0 Å². The van der Waals surface area contributed by atoms with Crippen molar-refractivity contribution in [2.45, 2.75) is 40.0 Å². The third-order valence-electron chi connectivity index (χ3n) is 4.43. The fourth-order valence-electron chi connectivity index (χ4n) is 2.68. The van der Waals surface area contributed by atoms with Gasteiger partial charge in [-0.15, -0.1) is 0 Å². The minimum Gasteiger partial charge on any atom is -0.381 e. The van der Waals surface area contributed by atoms with Crippen LogP contribution >= 0.6 is 0 Å². The van der Waals surface area contributed by atoms with Gasteiger partial charge in [-0.1, -0.05) is 0 Å². The predicted molar refractivity (Wildman–Crippen MR) is 94.6 cm³/mol. The number of hydrogen-bond acceptors (Lipinski definition) is 3. The number of ether oxygens (including phenoxy) is 1. The minimum absolute atomic E-state index is 0.0628. The summed E-state index contributed by atoms with van der Waals surface area (Å²) < 4.78 is 5.41. The molecule has 0 aromatic rings. The van der Waals surface area contributed by atoms with E-state index in [4.69, 9.17) is 4.74 Å². The molecule has 1 saturated heterocycles. The quantitative estimate of drug-likeness (QED) is 0.549. The van der Waals surface area contributed by atoms with Gasteiger partial charge in [0.15, 0.2) is 5.96 Å². The van der Waals surface area contributed by atoms with Crippen molar-refractivity contribution in [2.24, 2.45) is 16.3 Å². The highest BCUT2D eigenvalue weighted by Gasteiger charge is 2.27. The highest BCUT2D eigenvalue weighted by atomic mass is 16.5. The molecule has 1 heterocycles. The Bertz CT molecular complexity index is 390. The predicted octanol–water partition coefficient (Wildman–Crippen LogP) is 1.47. The summed E-state index contributed by atoms with van der Waals surface area (Å²) >= 11 is 0. The minimum atomic E-state index is -0.465. The molecule has 1 aliphatic heterocycles. The maximum absolute atomic E-state index is 12.1. The summed E-state index contributed by atoms with van der Waals surface area (Å²) in [5, 5.41) is 6.21. The highest BCUT2D eigenvalue weighted by molar-refractivity contribution is 5.84. The Balaban J connectivity index is 2.41. The fourth-order valence-corrected chi connectivity index (χ4v) is 2.68. The topological polar surface area (TPSA) is 66.0 Å². The van der Waals surface area contributed by atoms with E-state index in [0.717, 1.165) is 50.9 Å². The molecule has 1 aliphatic rings. The molecular weight excluding hydrogens is 292 g/mol. The Morgan fingerprint density at radius 1 is 1.30 bits per heavy atom. The zero-order valence-corrected chi connectivity index (χ0v) is 15.4. The molecule has 0 aromatic heterocycles. The fraction of sp³-hybridized carbons (Fsp3) is 0.882. The summed E-state index contributed by atoms with van der Waals surface area (Å²) in [5.41, 5.74) is -0.465. The van der Waals surface area contributed by atoms with Crippen LogP contribution in [0.25, 0.3) is 0 Å². The van der Waals surface area contributed by atoms with Crippen molar-refractivity contribution >= 4 is 11.9 Å². The molecule has 2 N–H and O–H groups in total. The van der Waals surface area contributed by atoms with Crippen LogP contribution in [-0.2, 0) is 9.53 Å². The first-order chi connectivity index (χ1) is 10.9. The van der Waals surface area contributed by atoms with E-state index in [1.54, 1.807) is 7.05 Å². The molecule has 6 heteroatoms. The number of aliphatic imine (C=N–C) groups is 1. The molecule has 6 nitrogen and oxygen atoms in total. The Hall–Kier alpha value is -1.30. The number of guanidine groups is 1. The monoisotopic (exact) mass is 326 g/mol. The number of carbonyl (C=O) groups is 1. The van der Waals surface area contributed by atoms with Gasteiger partial charge < -0.3 is 20.3 Å². The molecule has 1 fully saturated rings. The maximum Gasteiger partial charge on any atom is 0.227 e. The van der Waals surface area contributed by atoms with Crippen LogP contribution in [-0.4, -0.2) is 63.7 Å². The smallest absolute Gasteiger partial charge is 0.227 e. The standard InChI is InChI=1S/C17H34N4O2/c1-6-19-15(22)17(2,3)13-20-16(18-4)21(5)10-7-14-8-11-23-12-9-14/h14H,6-13H2,1-5H3,(H,18,20)(H,19,22). The van der Waals surface area contributed by atoms with Crippen LogP contribution in [0.1, 0.15) is 40.0 Å². The van der Waals surface area contributed by atoms with E-state index in [1.807, 2.05) is 27.8 Å². The summed E-state index contributed by atoms with van der Waals surface area (Å²) in [6.07, 6.45) is 3.47. The Morgan fingerprint density at radius 2 is 1.96 bits per heavy atom. The maximum atomic E-state index is 12.1.